The number of nitrogens with one attached hydrogen (secondary N) is 2. The minimum atomic E-state index is -0.167. The van der Waals surface area contributed by atoms with Crippen molar-refractivity contribution in [1.82, 2.24) is 10.3 Å². The number of amides is 1. The Morgan fingerprint density at radius 3 is 2.80 bits per heavy atom. The van der Waals surface area contributed by atoms with Crippen LogP contribution < -0.4 is 16.4 Å². The van der Waals surface area contributed by atoms with Gasteiger partial charge in [0.2, 0.25) is 0 Å². The Labute approximate surface area is 120 Å². The largest absolute Gasteiger partial charge is 0.384 e. The van der Waals surface area contributed by atoms with Crippen LogP contribution in [-0.4, -0.2) is 31.0 Å². The number of carbonyl (C=O) groups excluding carboxylic acids is 1. The predicted molar refractivity (Wildman–Crippen MR) is 80.7 cm³/mol. The first-order valence-electron chi connectivity index (χ1n) is 7.31. The molecule has 5 nitrogen and oxygen atoms in total. The van der Waals surface area contributed by atoms with E-state index in [1.54, 1.807) is 19.3 Å². The lowest BCUT2D eigenvalue weighted by molar-refractivity contribution is 0.0958. The number of nitrogens with zero attached hydrogens (tertiary/aromatic N) is 1. The third kappa shape index (κ3) is 3.48. The molecular weight excluding hydrogens is 252 g/mol. The molecule has 0 saturated heterocycles. The van der Waals surface area contributed by atoms with Crippen molar-refractivity contribution in [2.45, 2.75) is 32.1 Å². The molecule has 1 heterocycles. The fourth-order valence-corrected chi connectivity index (χ4v) is 2.84. The van der Waals surface area contributed by atoms with Crippen molar-refractivity contribution in [1.29, 1.82) is 0 Å². The van der Waals surface area contributed by atoms with Gasteiger partial charge >= 0.3 is 0 Å². The van der Waals surface area contributed by atoms with Crippen LogP contribution in [0.5, 0.6) is 0 Å². The van der Waals surface area contributed by atoms with Crippen LogP contribution in [0.15, 0.2) is 18.3 Å². The van der Waals surface area contributed by atoms with E-state index in [0.29, 0.717) is 12.2 Å². The molecule has 0 aliphatic heterocycles. The first-order chi connectivity index (χ1) is 9.69. The smallest absolute Gasteiger partial charge is 0.269 e. The van der Waals surface area contributed by atoms with Crippen LogP contribution in [0.4, 0.5) is 5.69 Å². The number of rotatable bonds is 5. The van der Waals surface area contributed by atoms with E-state index in [1.165, 1.54) is 32.1 Å². The first kappa shape index (κ1) is 14.8. The van der Waals surface area contributed by atoms with Crippen LogP contribution >= 0.6 is 0 Å². The second-order valence-corrected chi connectivity index (χ2v) is 5.63. The van der Waals surface area contributed by atoms with E-state index in [9.17, 15) is 4.79 Å². The molecule has 1 amide bonds. The Kier molecular flexibility index (Phi) is 4.95. The molecule has 1 fully saturated rings. The van der Waals surface area contributed by atoms with E-state index in [0.717, 1.165) is 12.2 Å². The molecule has 5 heteroatoms. The highest BCUT2D eigenvalue weighted by Gasteiger charge is 2.30. The maximum absolute atomic E-state index is 11.6. The predicted octanol–water partition coefficient (Wildman–Crippen LogP) is 1.76. The van der Waals surface area contributed by atoms with Gasteiger partial charge in [-0.1, -0.05) is 19.3 Å². The molecular formula is C15H24N4O. The normalized spacial score (nSPS) is 17.5. The maximum atomic E-state index is 11.6. The summed E-state index contributed by atoms with van der Waals surface area (Å²) in [5.41, 5.74) is 7.55. The van der Waals surface area contributed by atoms with Gasteiger partial charge in [0.05, 0.1) is 0 Å². The van der Waals surface area contributed by atoms with E-state index in [2.05, 4.69) is 15.6 Å². The van der Waals surface area contributed by atoms with Gasteiger partial charge in [-0.3, -0.25) is 9.78 Å². The molecule has 0 radical (unpaired) electrons. The van der Waals surface area contributed by atoms with E-state index in [-0.39, 0.29) is 11.3 Å². The Morgan fingerprint density at radius 2 is 2.15 bits per heavy atom. The van der Waals surface area contributed by atoms with Gasteiger partial charge < -0.3 is 16.4 Å². The molecule has 1 aliphatic rings. The molecule has 0 atom stereocenters. The number of pyridine rings is 1. The lowest BCUT2D eigenvalue weighted by atomic mass is 9.74. The number of carbonyl (C=O) groups is 1. The van der Waals surface area contributed by atoms with Gasteiger partial charge in [-0.15, -0.1) is 0 Å². The maximum Gasteiger partial charge on any atom is 0.269 e. The van der Waals surface area contributed by atoms with Crippen molar-refractivity contribution < 1.29 is 4.79 Å². The number of hydrogen-bond acceptors (Lipinski definition) is 4. The molecule has 1 aromatic heterocycles. The van der Waals surface area contributed by atoms with Crippen molar-refractivity contribution >= 4 is 11.6 Å². The zero-order chi connectivity index (χ0) is 14.4. The molecule has 1 aliphatic carbocycles. The van der Waals surface area contributed by atoms with Gasteiger partial charge in [0.15, 0.2) is 0 Å². The van der Waals surface area contributed by atoms with Gasteiger partial charge in [0.25, 0.3) is 5.91 Å². The Balaban J connectivity index is 2.01. The van der Waals surface area contributed by atoms with Crippen molar-refractivity contribution in [3.05, 3.63) is 24.0 Å². The average Bonchev–Trinajstić information content (AvgIpc) is 2.53. The minimum absolute atomic E-state index is 0.167. The summed E-state index contributed by atoms with van der Waals surface area (Å²) in [7, 11) is 1.61. The highest BCUT2D eigenvalue weighted by atomic mass is 16.1. The van der Waals surface area contributed by atoms with Gasteiger partial charge in [0, 0.05) is 25.5 Å². The molecule has 110 valence electrons. The molecule has 0 aromatic carbocycles. The van der Waals surface area contributed by atoms with Crippen LogP contribution in [0.1, 0.15) is 42.6 Å². The minimum Gasteiger partial charge on any atom is -0.384 e. The fourth-order valence-electron chi connectivity index (χ4n) is 2.84. The van der Waals surface area contributed by atoms with Crippen molar-refractivity contribution in [3.63, 3.8) is 0 Å². The summed E-state index contributed by atoms with van der Waals surface area (Å²) in [6.07, 6.45) is 7.87. The second kappa shape index (κ2) is 6.70. The van der Waals surface area contributed by atoms with Crippen LogP contribution in [0.2, 0.25) is 0 Å². The summed E-state index contributed by atoms with van der Waals surface area (Å²) in [6, 6.07) is 3.67. The quantitative estimate of drug-likeness (QED) is 0.765. The van der Waals surface area contributed by atoms with Gasteiger partial charge in [-0.05, 0) is 36.9 Å². The second-order valence-electron chi connectivity index (χ2n) is 5.63. The Morgan fingerprint density at radius 1 is 1.40 bits per heavy atom. The molecule has 0 bridgehead atoms. The summed E-state index contributed by atoms with van der Waals surface area (Å²) in [5.74, 6) is -0.167. The molecule has 20 heavy (non-hydrogen) atoms. The topological polar surface area (TPSA) is 80.0 Å². The summed E-state index contributed by atoms with van der Waals surface area (Å²) >= 11 is 0. The van der Waals surface area contributed by atoms with E-state index in [4.69, 9.17) is 5.73 Å². The van der Waals surface area contributed by atoms with Crippen LogP contribution in [0.3, 0.4) is 0 Å². The lowest BCUT2D eigenvalue weighted by Crippen LogP contribution is -2.39. The standard InChI is InChI=1S/C15H24N4O/c1-17-14(20)13-9-12(5-8-18-13)19-11-15(10-16)6-3-2-4-7-15/h5,8-9H,2-4,6-7,10-11,16H2,1H3,(H,17,20)(H,18,19). The monoisotopic (exact) mass is 276 g/mol. The number of hydrogen-bond donors (Lipinski definition) is 3. The van der Waals surface area contributed by atoms with Crippen molar-refractivity contribution in [2.24, 2.45) is 11.1 Å². The van der Waals surface area contributed by atoms with Crippen LogP contribution in [0, 0.1) is 5.41 Å². The van der Waals surface area contributed by atoms with Gasteiger partial charge in [0.1, 0.15) is 5.69 Å². The van der Waals surface area contributed by atoms with E-state index in [1.807, 2.05) is 6.07 Å². The molecule has 1 saturated carbocycles. The SMILES string of the molecule is CNC(=O)c1cc(NCC2(CN)CCCCC2)ccn1. The molecule has 0 unspecified atom stereocenters. The molecule has 0 spiro atoms. The van der Waals surface area contributed by atoms with E-state index < -0.39 is 0 Å². The Bertz CT molecular complexity index is 455. The van der Waals surface area contributed by atoms with Crippen molar-refractivity contribution in [2.75, 3.05) is 25.5 Å². The fraction of sp³-hybridized carbons (Fsp3) is 0.600. The third-order valence-corrected chi connectivity index (χ3v) is 4.23. The summed E-state index contributed by atoms with van der Waals surface area (Å²) in [4.78, 5) is 15.6. The summed E-state index contributed by atoms with van der Waals surface area (Å²) < 4.78 is 0. The van der Waals surface area contributed by atoms with Gasteiger partial charge in [-0.25, -0.2) is 0 Å². The summed E-state index contributed by atoms with van der Waals surface area (Å²) in [6.45, 7) is 1.58. The molecule has 1 aromatic rings. The number of aromatic nitrogens is 1. The van der Waals surface area contributed by atoms with Gasteiger partial charge in [-0.2, -0.15) is 0 Å². The Hall–Kier alpha value is -1.62. The third-order valence-electron chi connectivity index (χ3n) is 4.23. The first-order valence-corrected chi connectivity index (χ1v) is 7.31. The van der Waals surface area contributed by atoms with Crippen molar-refractivity contribution in [3.8, 4) is 0 Å². The number of anilines is 1. The zero-order valence-corrected chi connectivity index (χ0v) is 12.1. The van der Waals surface area contributed by atoms with E-state index >= 15 is 0 Å². The lowest BCUT2D eigenvalue weighted by Gasteiger charge is -2.36. The molecule has 4 N–H and O–H groups in total. The zero-order valence-electron chi connectivity index (χ0n) is 12.1. The number of nitrogens with two attached hydrogens (primary N) is 1. The van der Waals surface area contributed by atoms with Crippen LogP contribution in [-0.2, 0) is 0 Å². The highest BCUT2D eigenvalue weighted by molar-refractivity contribution is 5.92. The van der Waals surface area contributed by atoms with Crippen LogP contribution in [0.25, 0.3) is 0 Å². The summed E-state index contributed by atoms with van der Waals surface area (Å²) in [5, 5.41) is 6.01. The molecule has 2 rings (SSSR count). The average molecular weight is 276 g/mol. The highest BCUT2D eigenvalue weighted by Crippen LogP contribution is 2.35.